The van der Waals surface area contributed by atoms with Crippen molar-refractivity contribution in [1.29, 1.82) is 0 Å². The van der Waals surface area contributed by atoms with E-state index in [0.29, 0.717) is 0 Å². The molecular formula is C12H13NO2. The lowest BCUT2D eigenvalue weighted by molar-refractivity contribution is -0.0239. The Kier molecular flexibility index (Phi) is 1.99. The lowest BCUT2D eigenvalue weighted by Crippen LogP contribution is -2.28. The van der Waals surface area contributed by atoms with E-state index in [-0.39, 0.29) is 12.1 Å². The Morgan fingerprint density at radius 2 is 2.13 bits per heavy atom. The van der Waals surface area contributed by atoms with Crippen molar-refractivity contribution in [1.82, 2.24) is 4.90 Å². The summed E-state index contributed by atoms with van der Waals surface area (Å²) >= 11 is 0. The Bertz CT molecular complexity index is 402. The maximum Gasteiger partial charge on any atom is 0.256 e. The van der Waals surface area contributed by atoms with E-state index in [2.05, 4.69) is 0 Å². The van der Waals surface area contributed by atoms with Crippen molar-refractivity contribution in [2.45, 2.75) is 19.1 Å². The minimum absolute atomic E-state index is 0.123. The second-order valence-corrected chi connectivity index (χ2v) is 4.02. The standard InChI is InChI=1S/C12H13NO2/c14-11-9-5-1-2-6-10(9)12-13(11)7-3-4-8-15-12/h1-2,5-6,12H,3-4,7-8H2. The number of fused-ring (bicyclic) bond motifs is 3. The molecule has 1 aromatic carbocycles. The normalized spacial score (nSPS) is 24.7. The van der Waals surface area contributed by atoms with Gasteiger partial charge in [-0.15, -0.1) is 0 Å². The summed E-state index contributed by atoms with van der Waals surface area (Å²) in [5, 5.41) is 0. The molecule has 1 unspecified atom stereocenters. The molecule has 1 atom stereocenters. The molecular weight excluding hydrogens is 190 g/mol. The number of rotatable bonds is 0. The fourth-order valence-corrected chi connectivity index (χ4v) is 2.31. The number of amides is 1. The van der Waals surface area contributed by atoms with Crippen LogP contribution in [0.3, 0.4) is 0 Å². The molecule has 0 radical (unpaired) electrons. The molecule has 0 aromatic heterocycles. The molecule has 0 spiro atoms. The first-order chi connectivity index (χ1) is 7.38. The van der Waals surface area contributed by atoms with Crippen molar-refractivity contribution in [2.24, 2.45) is 0 Å². The van der Waals surface area contributed by atoms with Crippen molar-refractivity contribution < 1.29 is 9.53 Å². The van der Waals surface area contributed by atoms with Crippen LogP contribution in [-0.4, -0.2) is 24.0 Å². The smallest absolute Gasteiger partial charge is 0.256 e. The molecule has 2 aliphatic heterocycles. The van der Waals surface area contributed by atoms with Gasteiger partial charge in [-0.25, -0.2) is 0 Å². The van der Waals surface area contributed by atoms with Gasteiger partial charge in [-0.3, -0.25) is 4.79 Å². The second-order valence-electron chi connectivity index (χ2n) is 4.02. The minimum Gasteiger partial charge on any atom is -0.354 e. The fraction of sp³-hybridized carbons (Fsp3) is 0.417. The number of nitrogens with zero attached hydrogens (tertiary/aromatic N) is 1. The Morgan fingerprint density at radius 1 is 1.27 bits per heavy atom. The van der Waals surface area contributed by atoms with Gasteiger partial charge in [-0.05, 0) is 18.9 Å². The van der Waals surface area contributed by atoms with E-state index in [1.165, 1.54) is 0 Å². The lowest BCUT2D eigenvalue weighted by atomic mass is 10.1. The van der Waals surface area contributed by atoms with E-state index in [0.717, 1.165) is 37.1 Å². The van der Waals surface area contributed by atoms with Crippen LogP contribution in [0.25, 0.3) is 0 Å². The molecule has 15 heavy (non-hydrogen) atoms. The van der Waals surface area contributed by atoms with Gasteiger partial charge in [0.1, 0.15) is 0 Å². The van der Waals surface area contributed by atoms with Crippen molar-refractivity contribution in [3.05, 3.63) is 35.4 Å². The molecule has 78 valence electrons. The van der Waals surface area contributed by atoms with Crippen LogP contribution >= 0.6 is 0 Å². The molecule has 3 heteroatoms. The highest BCUT2D eigenvalue weighted by atomic mass is 16.5. The molecule has 1 aromatic rings. The zero-order valence-corrected chi connectivity index (χ0v) is 8.48. The van der Waals surface area contributed by atoms with Crippen molar-refractivity contribution >= 4 is 5.91 Å². The van der Waals surface area contributed by atoms with Crippen LogP contribution in [0.2, 0.25) is 0 Å². The molecule has 1 saturated heterocycles. The highest BCUT2D eigenvalue weighted by molar-refractivity contribution is 5.98. The Labute approximate surface area is 88.6 Å². The SMILES string of the molecule is O=C1c2ccccc2C2OCCCCN12. The van der Waals surface area contributed by atoms with Gasteiger partial charge < -0.3 is 9.64 Å². The molecule has 0 saturated carbocycles. The first kappa shape index (κ1) is 8.92. The first-order valence-electron chi connectivity index (χ1n) is 5.39. The number of carbonyl (C=O) groups is 1. The Hall–Kier alpha value is -1.35. The van der Waals surface area contributed by atoms with Gasteiger partial charge >= 0.3 is 0 Å². The summed E-state index contributed by atoms with van der Waals surface area (Å²) < 4.78 is 5.73. The third kappa shape index (κ3) is 1.27. The molecule has 1 amide bonds. The average molecular weight is 203 g/mol. The zero-order valence-electron chi connectivity index (χ0n) is 8.48. The number of benzene rings is 1. The summed E-state index contributed by atoms with van der Waals surface area (Å²) in [4.78, 5) is 13.9. The summed E-state index contributed by atoms with van der Waals surface area (Å²) in [6.45, 7) is 1.57. The highest BCUT2D eigenvalue weighted by Crippen LogP contribution is 2.35. The molecule has 3 nitrogen and oxygen atoms in total. The third-order valence-electron chi connectivity index (χ3n) is 3.07. The van der Waals surface area contributed by atoms with E-state index in [4.69, 9.17) is 4.74 Å². The van der Waals surface area contributed by atoms with Gasteiger partial charge in [0.15, 0.2) is 6.23 Å². The van der Waals surface area contributed by atoms with E-state index >= 15 is 0 Å². The predicted octanol–water partition coefficient (Wildman–Crippen LogP) is 1.95. The summed E-state index contributed by atoms with van der Waals surface area (Å²) in [7, 11) is 0. The molecule has 2 aliphatic rings. The number of hydrogen-bond acceptors (Lipinski definition) is 2. The van der Waals surface area contributed by atoms with Crippen LogP contribution in [0.1, 0.15) is 35.0 Å². The monoisotopic (exact) mass is 203 g/mol. The molecule has 0 bridgehead atoms. The summed E-state index contributed by atoms with van der Waals surface area (Å²) in [6, 6.07) is 7.74. The number of hydrogen-bond donors (Lipinski definition) is 0. The predicted molar refractivity (Wildman–Crippen MR) is 55.4 cm³/mol. The summed E-state index contributed by atoms with van der Waals surface area (Å²) in [6.07, 6.45) is 1.95. The number of ether oxygens (including phenoxy) is 1. The molecule has 0 N–H and O–H groups in total. The third-order valence-corrected chi connectivity index (χ3v) is 3.07. The Balaban J connectivity index is 2.06. The zero-order chi connectivity index (χ0) is 10.3. The quantitative estimate of drug-likeness (QED) is 0.645. The van der Waals surface area contributed by atoms with Gasteiger partial charge in [-0.2, -0.15) is 0 Å². The van der Waals surface area contributed by atoms with Gasteiger partial charge in [0, 0.05) is 24.3 Å². The van der Waals surface area contributed by atoms with Gasteiger partial charge in [0.25, 0.3) is 5.91 Å². The van der Waals surface area contributed by atoms with E-state index in [1.54, 1.807) is 0 Å². The van der Waals surface area contributed by atoms with Crippen LogP contribution in [0.4, 0.5) is 0 Å². The highest BCUT2D eigenvalue weighted by Gasteiger charge is 2.37. The van der Waals surface area contributed by atoms with E-state index in [9.17, 15) is 4.79 Å². The summed E-state index contributed by atoms with van der Waals surface area (Å²) in [5.41, 5.74) is 1.84. The maximum absolute atomic E-state index is 12.0. The average Bonchev–Trinajstić information content (AvgIpc) is 2.48. The molecule has 0 aliphatic carbocycles. The van der Waals surface area contributed by atoms with Crippen LogP contribution in [0.5, 0.6) is 0 Å². The van der Waals surface area contributed by atoms with Crippen molar-refractivity contribution in [2.75, 3.05) is 13.2 Å². The topological polar surface area (TPSA) is 29.5 Å². The van der Waals surface area contributed by atoms with E-state index < -0.39 is 0 Å². The lowest BCUT2D eigenvalue weighted by Gasteiger charge is -2.21. The van der Waals surface area contributed by atoms with Crippen LogP contribution < -0.4 is 0 Å². The van der Waals surface area contributed by atoms with Crippen molar-refractivity contribution in [3.63, 3.8) is 0 Å². The first-order valence-corrected chi connectivity index (χ1v) is 5.39. The van der Waals surface area contributed by atoms with Crippen molar-refractivity contribution in [3.8, 4) is 0 Å². The second kappa shape index (κ2) is 3.35. The van der Waals surface area contributed by atoms with Gasteiger partial charge in [0.05, 0.1) is 0 Å². The van der Waals surface area contributed by atoms with Gasteiger partial charge in [-0.1, -0.05) is 18.2 Å². The Morgan fingerprint density at radius 3 is 3.07 bits per heavy atom. The minimum atomic E-state index is -0.129. The molecule has 1 fully saturated rings. The van der Waals surface area contributed by atoms with Crippen LogP contribution in [-0.2, 0) is 4.74 Å². The largest absolute Gasteiger partial charge is 0.354 e. The fourth-order valence-electron chi connectivity index (χ4n) is 2.31. The molecule has 2 heterocycles. The molecule has 3 rings (SSSR count). The maximum atomic E-state index is 12.0. The number of carbonyl (C=O) groups excluding carboxylic acids is 1. The van der Waals surface area contributed by atoms with Crippen LogP contribution in [0.15, 0.2) is 24.3 Å². The van der Waals surface area contributed by atoms with E-state index in [1.807, 2.05) is 29.2 Å². The summed E-state index contributed by atoms with van der Waals surface area (Å²) in [5.74, 6) is 0.123. The van der Waals surface area contributed by atoms with Gasteiger partial charge in [0.2, 0.25) is 0 Å². The van der Waals surface area contributed by atoms with Crippen LogP contribution in [0, 0.1) is 0 Å².